The number of benzene rings is 1. The zero-order valence-corrected chi connectivity index (χ0v) is 11.8. The number of halogens is 1. The molecule has 1 aromatic carbocycles. The van der Waals surface area contributed by atoms with E-state index in [-0.39, 0.29) is 30.7 Å². The van der Waals surface area contributed by atoms with E-state index in [0.29, 0.717) is 0 Å². The maximum absolute atomic E-state index is 12.6. The molecule has 1 saturated heterocycles. The molecule has 4 nitrogen and oxygen atoms in total. The molecular formula is C16H19FN2O2. The second kappa shape index (κ2) is 5.84. The highest BCUT2D eigenvalue weighted by Gasteiger charge is 2.46. The molecule has 3 rings (SSSR count). The Morgan fingerprint density at radius 1 is 1.19 bits per heavy atom. The Kier molecular flexibility index (Phi) is 3.90. The molecule has 2 fully saturated rings. The van der Waals surface area contributed by atoms with Crippen LogP contribution in [0.4, 0.5) is 4.39 Å². The molecule has 1 aliphatic heterocycles. The fourth-order valence-electron chi connectivity index (χ4n) is 2.93. The first-order valence-electron chi connectivity index (χ1n) is 7.44. The highest BCUT2D eigenvalue weighted by Crippen LogP contribution is 2.37. The summed E-state index contributed by atoms with van der Waals surface area (Å²) in [7, 11) is 0. The van der Waals surface area contributed by atoms with Crippen LogP contribution in [0.25, 0.3) is 0 Å². The Labute approximate surface area is 123 Å². The van der Waals surface area contributed by atoms with Gasteiger partial charge in [-0.3, -0.25) is 14.0 Å². The Morgan fingerprint density at radius 2 is 1.90 bits per heavy atom. The highest BCUT2D eigenvalue weighted by molar-refractivity contribution is 5.97. The molecule has 2 amide bonds. The molecule has 1 aliphatic carbocycles. The van der Waals surface area contributed by atoms with Crippen LogP contribution in [0.3, 0.4) is 0 Å². The summed E-state index contributed by atoms with van der Waals surface area (Å²) in [6.07, 6.45) is 2.22. The van der Waals surface area contributed by atoms with Crippen LogP contribution in [0, 0.1) is 5.92 Å². The molecule has 0 bridgehead atoms. The molecule has 0 spiro atoms. The van der Waals surface area contributed by atoms with Crippen LogP contribution < -0.4 is 5.32 Å². The van der Waals surface area contributed by atoms with E-state index in [4.69, 9.17) is 0 Å². The van der Waals surface area contributed by atoms with Gasteiger partial charge in [0.15, 0.2) is 0 Å². The number of hydrogen-bond acceptors (Lipinski definition) is 2. The molecule has 21 heavy (non-hydrogen) atoms. The van der Waals surface area contributed by atoms with Crippen molar-refractivity contribution in [1.82, 2.24) is 10.2 Å². The van der Waals surface area contributed by atoms with Crippen LogP contribution in [0.15, 0.2) is 30.3 Å². The minimum absolute atomic E-state index is 0.0700. The smallest absolute Gasteiger partial charge is 0.248 e. The van der Waals surface area contributed by atoms with E-state index in [1.165, 1.54) is 0 Å². The van der Waals surface area contributed by atoms with E-state index in [2.05, 4.69) is 5.32 Å². The van der Waals surface area contributed by atoms with E-state index in [9.17, 15) is 14.0 Å². The van der Waals surface area contributed by atoms with Crippen molar-refractivity contribution in [2.75, 3.05) is 13.2 Å². The lowest BCUT2D eigenvalue weighted by Gasteiger charge is -2.39. The monoisotopic (exact) mass is 290 g/mol. The van der Waals surface area contributed by atoms with Gasteiger partial charge in [0.05, 0.1) is 6.67 Å². The largest absolute Gasteiger partial charge is 0.342 e. The average Bonchev–Trinajstić information content (AvgIpc) is 3.33. The summed E-state index contributed by atoms with van der Waals surface area (Å²) in [6, 6.07) is 8.15. The van der Waals surface area contributed by atoms with Crippen molar-refractivity contribution in [3.05, 3.63) is 35.9 Å². The highest BCUT2D eigenvalue weighted by atomic mass is 19.1. The van der Waals surface area contributed by atoms with Gasteiger partial charge in [0, 0.05) is 6.54 Å². The number of nitrogens with zero attached hydrogens (tertiary/aromatic N) is 1. The molecule has 0 radical (unpaired) electrons. The molecule has 0 aromatic heterocycles. The minimum Gasteiger partial charge on any atom is -0.342 e. The third-order valence-electron chi connectivity index (χ3n) is 4.15. The Hall–Kier alpha value is -1.91. The molecule has 1 heterocycles. The van der Waals surface area contributed by atoms with Gasteiger partial charge in [0.2, 0.25) is 11.8 Å². The van der Waals surface area contributed by atoms with Crippen LogP contribution in [-0.2, 0) is 9.59 Å². The lowest BCUT2D eigenvalue weighted by molar-refractivity contribution is -0.150. The normalized spacial score (nSPS) is 25.9. The van der Waals surface area contributed by atoms with Gasteiger partial charge in [0.1, 0.15) is 12.1 Å². The van der Waals surface area contributed by atoms with E-state index in [1.54, 1.807) is 4.90 Å². The zero-order chi connectivity index (χ0) is 14.8. The second-order valence-electron chi connectivity index (χ2n) is 5.71. The first-order valence-corrected chi connectivity index (χ1v) is 7.44. The summed E-state index contributed by atoms with van der Waals surface area (Å²) in [6.45, 7) is -0.202. The van der Waals surface area contributed by atoms with Crippen LogP contribution in [-0.4, -0.2) is 36.0 Å². The summed E-state index contributed by atoms with van der Waals surface area (Å²) in [4.78, 5) is 26.6. The van der Waals surface area contributed by atoms with Crippen LogP contribution in [0.1, 0.15) is 30.9 Å². The molecule has 1 saturated carbocycles. The van der Waals surface area contributed by atoms with Crippen LogP contribution >= 0.6 is 0 Å². The molecule has 2 atom stereocenters. The van der Waals surface area contributed by atoms with Gasteiger partial charge in [-0.1, -0.05) is 30.3 Å². The maximum atomic E-state index is 12.6. The van der Waals surface area contributed by atoms with Crippen molar-refractivity contribution in [3.63, 3.8) is 0 Å². The maximum Gasteiger partial charge on any atom is 0.248 e. The minimum atomic E-state index is -0.639. The van der Waals surface area contributed by atoms with Gasteiger partial charge < -0.3 is 10.2 Å². The predicted molar refractivity (Wildman–Crippen MR) is 76.1 cm³/mol. The van der Waals surface area contributed by atoms with Gasteiger partial charge >= 0.3 is 0 Å². The quantitative estimate of drug-likeness (QED) is 0.899. The third-order valence-corrected chi connectivity index (χ3v) is 4.15. The number of nitrogens with one attached hydrogen (secondary N) is 1. The number of carbonyl (C=O) groups is 2. The van der Waals surface area contributed by atoms with Gasteiger partial charge in [-0.05, 0) is 30.7 Å². The van der Waals surface area contributed by atoms with Gasteiger partial charge in [-0.25, -0.2) is 0 Å². The molecule has 2 aliphatic rings. The van der Waals surface area contributed by atoms with E-state index in [1.807, 2.05) is 30.3 Å². The van der Waals surface area contributed by atoms with Crippen molar-refractivity contribution in [3.8, 4) is 0 Å². The summed E-state index contributed by atoms with van der Waals surface area (Å²) in [5.41, 5.74) is 0.774. The van der Waals surface area contributed by atoms with Gasteiger partial charge in [-0.15, -0.1) is 0 Å². The van der Waals surface area contributed by atoms with Gasteiger partial charge in [0.25, 0.3) is 0 Å². The summed E-state index contributed by atoms with van der Waals surface area (Å²) in [5.74, 6) is 0.0296. The zero-order valence-electron chi connectivity index (χ0n) is 11.8. The van der Waals surface area contributed by atoms with Crippen molar-refractivity contribution < 1.29 is 14.0 Å². The summed E-state index contributed by atoms with van der Waals surface area (Å²) < 4.78 is 12.5. The average molecular weight is 290 g/mol. The topological polar surface area (TPSA) is 49.4 Å². The number of alkyl halides is 1. The number of amides is 2. The fraction of sp³-hybridized carbons (Fsp3) is 0.500. The van der Waals surface area contributed by atoms with Crippen molar-refractivity contribution in [1.29, 1.82) is 0 Å². The number of hydrogen-bond donors (Lipinski definition) is 1. The van der Waals surface area contributed by atoms with Crippen molar-refractivity contribution in [2.45, 2.75) is 31.3 Å². The summed E-state index contributed by atoms with van der Waals surface area (Å²) in [5, 5.41) is 2.86. The molecule has 1 aromatic rings. The molecule has 1 N–H and O–H groups in total. The molecule has 5 heteroatoms. The van der Waals surface area contributed by atoms with E-state index >= 15 is 0 Å². The number of carbonyl (C=O) groups excluding carboxylic acids is 2. The molecule has 112 valence electrons. The molecule has 2 unspecified atom stereocenters. The fourth-order valence-corrected chi connectivity index (χ4v) is 2.93. The van der Waals surface area contributed by atoms with Crippen LogP contribution in [0.2, 0.25) is 0 Å². The Bertz CT molecular complexity index is 530. The third kappa shape index (κ3) is 2.77. The van der Waals surface area contributed by atoms with Crippen molar-refractivity contribution >= 4 is 11.8 Å². The standard InChI is InChI=1S/C16H19FN2O2/c17-9-4-10-19-14(12-5-2-1-3-6-12)15(20)18-13(16(19)21)11-7-8-11/h1-3,5-6,11,13-14H,4,7-10H2,(H,18,20). The van der Waals surface area contributed by atoms with Gasteiger partial charge in [-0.2, -0.15) is 0 Å². The predicted octanol–water partition coefficient (Wildman–Crippen LogP) is 1.82. The number of rotatable bonds is 5. The summed E-state index contributed by atoms with van der Waals surface area (Å²) >= 11 is 0. The Morgan fingerprint density at radius 3 is 2.52 bits per heavy atom. The van der Waals surface area contributed by atoms with Crippen LogP contribution in [0.5, 0.6) is 0 Å². The molecular weight excluding hydrogens is 271 g/mol. The Balaban J connectivity index is 1.88. The SMILES string of the molecule is O=C1NC(C2CC2)C(=O)N(CCCF)C1c1ccccc1. The number of piperazine rings is 1. The first kappa shape index (κ1) is 14.0. The lowest BCUT2D eigenvalue weighted by atomic mass is 9.97. The van der Waals surface area contributed by atoms with E-state index < -0.39 is 18.8 Å². The first-order chi connectivity index (χ1) is 10.2. The van der Waals surface area contributed by atoms with E-state index in [0.717, 1.165) is 18.4 Å². The van der Waals surface area contributed by atoms with Crippen molar-refractivity contribution in [2.24, 2.45) is 5.92 Å². The lowest BCUT2D eigenvalue weighted by Crippen LogP contribution is -2.60. The second-order valence-corrected chi connectivity index (χ2v) is 5.71.